The summed E-state index contributed by atoms with van der Waals surface area (Å²) >= 11 is 0. The Morgan fingerprint density at radius 2 is 1.83 bits per heavy atom. The number of nitrogens with one attached hydrogen (secondary N) is 1. The third-order valence-electron chi connectivity index (χ3n) is 3.83. The number of hydrogen-bond donors (Lipinski definition) is 2. The lowest BCUT2D eigenvalue weighted by atomic mass is 10.1. The number of carbonyl (C=O) groups excluding carboxylic acids is 1. The van der Waals surface area contributed by atoms with Crippen molar-refractivity contribution in [3.8, 4) is 0 Å². The topological polar surface area (TPSA) is 86.7 Å². The molecule has 2 aromatic rings. The number of fused-ring (bicyclic) bond motifs is 1. The molecule has 0 atom stereocenters. The molecule has 6 nitrogen and oxygen atoms in total. The Labute approximate surface area is 142 Å². The van der Waals surface area contributed by atoms with Crippen LogP contribution in [0, 0.1) is 0 Å². The number of hydroxylamine groups is 1. The molecule has 2 rings (SSSR count). The van der Waals surface area contributed by atoms with Crippen molar-refractivity contribution in [3.05, 3.63) is 42.5 Å². The van der Waals surface area contributed by atoms with Gasteiger partial charge in [0.15, 0.2) is 0 Å². The van der Waals surface area contributed by atoms with E-state index in [2.05, 4.69) is 0 Å². The molecule has 0 spiro atoms. The summed E-state index contributed by atoms with van der Waals surface area (Å²) in [5, 5.41) is 10.4. The summed E-state index contributed by atoms with van der Waals surface area (Å²) in [7, 11) is -3.70. The van der Waals surface area contributed by atoms with Crippen LogP contribution in [0.1, 0.15) is 26.2 Å². The van der Waals surface area contributed by atoms with Crippen molar-refractivity contribution in [2.45, 2.75) is 31.1 Å². The van der Waals surface area contributed by atoms with Gasteiger partial charge in [-0.15, -0.1) is 0 Å². The first-order valence-corrected chi connectivity index (χ1v) is 9.35. The first kappa shape index (κ1) is 18.4. The molecule has 0 aliphatic rings. The van der Waals surface area contributed by atoms with Crippen LogP contribution in [0.3, 0.4) is 0 Å². The zero-order valence-electron chi connectivity index (χ0n) is 13.6. The molecule has 0 heterocycles. The van der Waals surface area contributed by atoms with Gasteiger partial charge >= 0.3 is 0 Å². The van der Waals surface area contributed by atoms with Gasteiger partial charge in [0, 0.05) is 19.5 Å². The number of amides is 1. The standard InChI is InChI=1S/C17H22N2O4S/c1-2-3-11-19(12-10-17(20)18-21)24(22,23)16-9-8-14-6-4-5-7-15(14)13-16/h4-9,13,21H,2-3,10-12H2,1H3,(H,18,20). The van der Waals surface area contributed by atoms with Crippen LogP contribution >= 0.6 is 0 Å². The Morgan fingerprint density at radius 1 is 1.12 bits per heavy atom. The number of unbranched alkanes of at least 4 members (excludes halogenated alkanes) is 1. The number of sulfonamides is 1. The third-order valence-corrected chi connectivity index (χ3v) is 5.73. The van der Waals surface area contributed by atoms with Gasteiger partial charge in [-0.25, -0.2) is 13.9 Å². The molecule has 0 saturated heterocycles. The Hall–Kier alpha value is -1.96. The van der Waals surface area contributed by atoms with Crippen molar-refractivity contribution < 1.29 is 18.4 Å². The van der Waals surface area contributed by atoms with E-state index in [1.807, 2.05) is 31.2 Å². The predicted molar refractivity (Wildman–Crippen MR) is 92.2 cm³/mol. The number of rotatable bonds is 8. The Morgan fingerprint density at radius 3 is 2.50 bits per heavy atom. The normalized spacial score (nSPS) is 11.8. The highest BCUT2D eigenvalue weighted by Gasteiger charge is 2.24. The molecule has 0 aliphatic carbocycles. The Bertz CT molecular complexity index is 805. The van der Waals surface area contributed by atoms with Gasteiger partial charge in [0.25, 0.3) is 0 Å². The quantitative estimate of drug-likeness (QED) is 0.566. The molecule has 2 N–H and O–H groups in total. The van der Waals surface area contributed by atoms with E-state index in [1.165, 1.54) is 9.79 Å². The summed E-state index contributed by atoms with van der Waals surface area (Å²) in [5.41, 5.74) is 1.53. The van der Waals surface area contributed by atoms with Crippen LogP contribution in [-0.4, -0.2) is 36.9 Å². The maximum Gasteiger partial charge on any atom is 0.244 e. The lowest BCUT2D eigenvalue weighted by Gasteiger charge is -2.22. The van der Waals surface area contributed by atoms with Crippen molar-refractivity contribution in [2.75, 3.05) is 13.1 Å². The second kappa shape index (κ2) is 8.23. The molecule has 0 aliphatic heterocycles. The molecule has 0 radical (unpaired) electrons. The molecular weight excluding hydrogens is 328 g/mol. The largest absolute Gasteiger partial charge is 0.289 e. The van der Waals surface area contributed by atoms with E-state index in [0.29, 0.717) is 13.0 Å². The summed E-state index contributed by atoms with van der Waals surface area (Å²) in [6.45, 7) is 2.34. The van der Waals surface area contributed by atoms with Crippen LogP contribution in [0.25, 0.3) is 10.8 Å². The Kier molecular flexibility index (Phi) is 6.30. The van der Waals surface area contributed by atoms with Gasteiger partial charge in [-0.3, -0.25) is 10.0 Å². The minimum Gasteiger partial charge on any atom is -0.289 e. The SMILES string of the molecule is CCCCN(CCC(=O)NO)S(=O)(=O)c1ccc2ccccc2c1. The second-order valence-corrected chi connectivity index (χ2v) is 7.49. The fraction of sp³-hybridized carbons (Fsp3) is 0.353. The number of nitrogens with zero attached hydrogens (tertiary/aromatic N) is 1. The lowest BCUT2D eigenvalue weighted by molar-refractivity contribution is -0.129. The van der Waals surface area contributed by atoms with E-state index >= 15 is 0 Å². The first-order valence-electron chi connectivity index (χ1n) is 7.91. The molecule has 24 heavy (non-hydrogen) atoms. The average molecular weight is 350 g/mol. The van der Waals surface area contributed by atoms with Gasteiger partial charge in [-0.1, -0.05) is 43.7 Å². The fourth-order valence-corrected chi connectivity index (χ4v) is 3.96. The van der Waals surface area contributed by atoms with E-state index < -0.39 is 15.9 Å². The molecule has 1 amide bonds. The van der Waals surface area contributed by atoms with E-state index in [9.17, 15) is 13.2 Å². The third kappa shape index (κ3) is 4.31. The highest BCUT2D eigenvalue weighted by atomic mass is 32.2. The summed E-state index contributed by atoms with van der Waals surface area (Å²) in [6.07, 6.45) is 1.45. The highest BCUT2D eigenvalue weighted by molar-refractivity contribution is 7.89. The molecule has 0 fully saturated rings. The highest BCUT2D eigenvalue weighted by Crippen LogP contribution is 2.22. The van der Waals surface area contributed by atoms with Gasteiger partial charge in [0.1, 0.15) is 0 Å². The number of carbonyl (C=O) groups is 1. The van der Waals surface area contributed by atoms with Crippen LogP contribution in [0.5, 0.6) is 0 Å². The lowest BCUT2D eigenvalue weighted by Crippen LogP contribution is -2.35. The van der Waals surface area contributed by atoms with Crippen LogP contribution in [-0.2, 0) is 14.8 Å². The van der Waals surface area contributed by atoms with Crippen LogP contribution in [0.4, 0.5) is 0 Å². The van der Waals surface area contributed by atoms with Gasteiger partial charge in [-0.05, 0) is 29.3 Å². The molecule has 2 aromatic carbocycles. The van der Waals surface area contributed by atoms with Crippen molar-refractivity contribution >= 4 is 26.7 Å². The van der Waals surface area contributed by atoms with Crippen molar-refractivity contribution in [1.82, 2.24) is 9.79 Å². The monoisotopic (exact) mass is 350 g/mol. The smallest absolute Gasteiger partial charge is 0.244 e. The van der Waals surface area contributed by atoms with E-state index in [1.54, 1.807) is 18.2 Å². The van der Waals surface area contributed by atoms with E-state index in [4.69, 9.17) is 5.21 Å². The van der Waals surface area contributed by atoms with Gasteiger partial charge < -0.3 is 0 Å². The van der Waals surface area contributed by atoms with E-state index in [0.717, 1.165) is 17.2 Å². The van der Waals surface area contributed by atoms with Gasteiger partial charge in [-0.2, -0.15) is 4.31 Å². The molecule has 130 valence electrons. The molecular formula is C17H22N2O4S. The zero-order valence-corrected chi connectivity index (χ0v) is 14.4. The minimum atomic E-state index is -3.70. The van der Waals surface area contributed by atoms with Crippen LogP contribution < -0.4 is 5.48 Å². The average Bonchev–Trinajstić information content (AvgIpc) is 2.60. The molecule has 7 heteroatoms. The van der Waals surface area contributed by atoms with Crippen molar-refractivity contribution in [3.63, 3.8) is 0 Å². The summed E-state index contributed by atoms with van der Waals surface area (Å²) in [4.78, 5) is 11.5. The number of benzene rings is 2. The van der Waals surface area contributed by atoms with Gasteiger partial charge in [0.2, 0.25) is 15.9 Å². The Balaban J connectivity index is 2.31. The number of hydrogen-bond acceptors (Lipinski definition) is 4. The first-order chi connectivity index (χ1) is 11.5. The maximum atomic E-state index is 12.9. The van der Waals surface area contributed by atoms with Crippen LogP contribution in [0.2, 0.25) is 0 Å². The zero-order chi connectivity index (χ0) is 17.6. The van der Waals surface area contributed by atoms with Crippen molar-refractivity contribution in [1.29, 1.82) is 0 Å². The van der Waals surface area contributed by atoms with Gasteiger partial charge in [0.05, 0.1) is 4.90 Å². The van der Waals surface area contributed by atoms with Crippen LogP contribution in [0.15, 0.2) is 47.4 Å². The summed E-state index contributed by atoms with van der Waals surface area (Å²) in [5.74, 6) is -0.606. The fourth-order valence-electron chi connectivity index (χ4n) is 2.45. The summed E-state index contributed by atoms with van der Waals surface area (Å²) < 4.78 is 27.1. The molecule has 0 aromatic heterocycles. The van der Waals surface area contributed by atoms with Crippen molar-refractivity contribution in [2.24, 2.45) is 0 Å². The second-order valence-electron chi connectivity index (χ2n) is 5.55. The maximum absolute atomic E-state index is 12.9. The summed E-state index contributed by atoms with van der Waals surface area (Å²) in [6, 6.07) is 12.6. The van der Waals surface area contributed by atoms with E-state index in [-0.39, 0.29) is 17.9 Å². The minimum absolute atomic E-state index is 0.0293. The molecule has 0 unspecified atom stereocenters. The molecule has 0 saturated carbocycles. The predicted octanol–water partition coefficient (Wildman–Crippen LogP) is 2.53. The molecule has 0 bridgehead atoms.